The summed E-state index contributed by atoms with van der Waals surface area (Å²) in [5, 5.41) is 2.47. The van der Waals surface area contributed by atoms with Crippen LogP contribution < -0.4 is 5.32 Å². The highest BCUT2D eigenvalue weighted by molar-refractivity contribution is 8.00. The lowest BCUT2D eigenvalue weighted by molar-refractivity contribution is -0.146. The van der Waals surface area contributed by atoms with Crippen LogP contribution >= 0.6 is 11.8 Å². The predicted octanol–water partition coefficient (Wildman–Crippen LogP) is 0.903. The summed E-state index contributed by atoms with van der Waals surface area (Å²) in [6.45, 7) is -0.554. The van der Waals surface area contributed by atoms with E-state index in [0.717, 1.165) is 30.0 Å². The first-order chi connectivity index (χ1) is 11.2. The zero-order valence-electron chi connectivity index (χ0n) is 12.5. The molecule has 0 unspecified atom stereocenters. The van der Waals surface area contributed by atoms with Crippen molar-refractivity contribution < 1.29 is 31.5 Å². The lowest BCUT2D eigenvalue weighted by Gasteiger charge is -2.11. The first-order valence-electron chi connectivity index (χ1n) is 6.98. The van der Waals surface area contributed by atoms with Crippen molar-refractivity contribution in [1.82, 2.24) is 5.32 Å². The Labute approximate surface area is 141 Å². The van der Waals surface area contributed by atoms with Crippen molar-refractivity contribution in [3.05, 3.63) is 29.8 Å². The minimum Gasteiger partial charge on any atom is -0.455 e. The molecule has 2 rings (SSSR count). The van der Waals surface area contributed by atoms with E-state index in [1.54, 1.807) is 0 Å². The Balaban J connectivity index is 1.71. The van der Waals surface area contributed by atoms with Gasteiger partial charge in [-0.25, -0.2) is 17.2 Å². The van der Waals surface area contributed by atoms with Crippen molar-refractivity contribution in [2.75, 3.05) is 23.9 Å². The van der Waals surface area contributed by atoms with Gasteiger partial charge in [-0.05, 0) is 24.6 Å². The van der Waals surface area contributed by atoms with Gasteiger partial charge in [0.05, 0.1) is 17.3 Å². The van der Waals surface area contributed by atoms with Crippen molar-refractivity contribution in [1.29, 1.82) is 0 Å². The predicted molar refractivity (Wildman–Crippen MR) is 83.2 cm³/mol. The quantitative estimate of drug-likeness (QED) is 0.584. The van der Waals surface area contributed by atoms with Crippen LogP contribution in [0.4, 0.5) is 8.78 Å². The number of hydrogen-bond donors (Lipinski definition) is 1. The van der Waals surface area contributed by atoms with Crippen LogP contribution in [0.2, 0.25) is 0 Å². The Bertz CT molecular complexity index is 739. The summed E-state index contributed by atoms with van der Waals surface area (Å²) in [5.74, 6) is -3.04. The number of nitrogens with one attached hydrogen (secondary N) is 1. The van der Waals surface area contributed by atoms with E-state index in [9.17, 15) is 26.8 Å². The average molecular weight is 379 g/mol. The topological polar surface area (TPSA) is 89.5 Å². The molecule has 1 aliphatic rings. The summed E-state index contributed by atoms with van der Waals surface area (Å²) in [7, 11) is -3.11. The van der Waals surface area contributed by atoms with E-state index in [0.29, 0.717) is 6.42 Å². The normalized spacial score (nSPS) is 19.0. The SMILES string of the molecule is O=C(COC(=O)CSc1cc(F)ccc1F)N[C@@H]1CCS(=O)(=O)C1. The molecule has 1 amide bonds. The van der Waals surface area contributed by atoms with Crippen molar-refractivity contribution in [3.8, 4) is 0 Å². The first kappa shape index (κ1) is 18.7. The molecule has 10 heteroatoms. The standard InChI is InChI=1S/C14H15F2NO5S2/c15-9-1-2-11(16)12(5-9)23-7-14(19)22-6-13(18)17-10-3-4-24(20,21)8-10/h1-2,5,10H,3-4,6-8H2,(H,17,18)/t10-/m1/s1. The molecule has 1 saturated heterocycles. The molecule has 1 heterocycles. The fourth-order valence-corrected chi connectivity index (χ4v) is 4.52. The molecule has 1 aromatic rings. The maximum absolute atomic E-state index is 13.4. The van der Waals surface area contributed by atoms with Crippen LogP contribution in [0.5, 0.6) is 0 Å². The second-order valence-electron chi connectivity index (χ2n) is 5.19. The molecule has 24 heavy (non-hydrogen) atoms. The molecule has 0 saturated carbocycles. The van der Waals surface area contributed by atoms with E-state index in [2.05, 4.69) is 5.32 Å². The van der Waals surface area contributed by atoms with Crippen LogP contribution in [-0.4, -0.2) is 50.2 Å². The first-order valence-corrected chi connectivity index (χ1v) is 9.79. The number of amides is 1. The van der Waals surface area contributed by atoms with Gasteiger partial charge in [-0.15, -0.1) is 11.8 Å². The van der Waals surface area contributed by atoms with E-state index in [1.807, 2.05) is 0 Å². The van der Waals surface area contributed by atoms with Crippen molar-refractivity contribution in [2.45, 2.75) is 17.4 Å². The van der Waals surface area contributed by atoms with Gasteiger partial charge in [0, 0.05) is 10.9 Å². The monoisotopic (exact) mass is 379 g/mol. The number of rotatable bonds is 6. The highest BCUT2D eigenvalue weighted by atomic mass is 32.2. The maximum atomic E-state index is 13.4. The Kier molecular flexibility index (Phi) is 6.16. The fourth-order valence-electron chi connectivity index (χ4n) is 2.09. The molecule has 6 nitrogen and oxygen atoms in total. The molecule has 1 atom stereocenters. The molecule has 1 aliphatic heterocycles. The largest absolute Gasteiger partial charge is 0.455 e. The summed E-state index contributed by atoms with van der Waals surface area (Å²) in [5.41, 5.74) is 0. The molecule has 1 fully saturated rings. The lowest BCUT2D eigenvalue weighted by Crippen LogP contribution is -2.38. The Hall–Kier alpha value is -1.68. The van der Waals surface area contributed by atoms with Crippen molar-refractivity contribution in [3.63, 3.8) is 0 Å². The van der Waals surface area contributed by atoms with Crippen LogP contribution in [-0.2, 0) is 24.2 Å². The molecule has 132 valence electrons. The number of carbonyl (C=O) groups excluding carboxylic acids is 2. The van der Waals surface area contributed by atoms with E-state index in [1.165, 1.54) is 0 Å². The fraction of sp³-hybridized carbons (Fsp3) is 0.429. The molecule has 0 aliphatic carbocycles. The average Bonchev–Trinajstić information content (AvgIpc) is 2.85. The summed E-state index contributed by atoms with van der Waals surface area (Å²) in [6.07, 6.45) is 0.330. The van der Waals surface area contributed by atoms with Gasteiger partial charge < -0.3 is 10.1 Å². The van der Waals surface area contributed by atoms with Crippen molar-refractivity contribution in [2.24, 2.45) is 0 Å². The molecule has 1 aromatic carbocycles. The van der Waals surface area contributed by atoms with Gasteiger partial charge in [-0.3, -0.25) is 9.59 Å². The lowest BCUT2D eigenvalue weighted by atomic mass is 10.2. The summed E-state index contributed by atoms with van der Waals surface area (Å²) in [6, 6.07) is 2.40. The molecule has 0 spiro atoms. The number of ether oxygens (including phenoxy) is 1. The third kappa shape index (κ3) is 5.75. The number of halogens is 2. The van der Waals surface area contributed by atoms with Crippen LogP contribution in [0.15, 0.2) is 23.1 Å². The number of esters is 1. The summed E-state index contributed by atoms with van der Waals surface area (Å²) < 4.78 is 53.6. The third-order valence-corrected chi connectivity index (χ3v) is 5.97. The molecule has 0 bridgehead atoms. The summed E-state index contributed by atoms with van der Waals surface area (Å²) >= 11 is 0.753. The third-order valence-electron chi connectivity index (χ3n) is 3.20. The number of benzene rings is 1. The second-order valence-corrected chi connectivity index (χ2v) is 8.44. The smallest absolute Gasteiger partial charge is 0.316 e. The zero-order chi connectivity index (χ0) is 17.7. The van der Waals surface area contributed by atoms with Crippen molar-refractivity contribution >= 4 is 33.5 Å². The van der Waals surface area contributed by atoms with Gasteiger partial charge >= 0.3 is 5.97 Å². The zero-order valence-corrected chi connectivity index (χ0v) is 14.1. The molecular formula is C14H15F2NO5S2. The second kappa shape index (κ2) is 7.93. The van der Waals surface area contributed by atoms with Gasteiger partial charge in [0.15, 0.2) is 16.4 Å². The number of sulfone groups is 1. The number of carbonyl (C=O) groups is 2. The van der Waals surface area contributed by atoms with Crippen LogP contribution in [0.25, 0.3) is 0 Å². The minimum atomic E-state index is -3.11. The van der Waals surface area contributed by atoms with E-state index in [-0.39, 0.29) is 22.2 Å². The molecule has 0 radical (unpaired) electrons. The van der Waals surface area contributed by atoms with E-state index >= 15 is 0 Å². The minimum absolute atomic E-state index is 0.0214. The van der Waals surface area contributed by atoms with Gasteiger partial charge in [0.2, 0.25) is 0 Å². The van der Waals surface area contributed by atoms with Gasteiger partial charge in [0.1, 0.15) is 11.6 Å². The Morgan fingerprint density at radius 3 is 2.75 bits per heavy atom. The van der Waals surface area contributed by atoms with E-state index < -0.39 is 46.0 Å². The van der Waals surface area contributed by atoms with Gasteiger partial charge in [-0.1, -0.05) is 0 Å². The maximum Gasteiger partial charge on any atom is 0.316 e. The number of hydrogen-bond acceptors (Lipinski definition) is 6. The molecular weight excluding hydrogens is 364 g/mol. The Morgan fingerprint density at radius 1 is 1.33 bits per heavy atom. The van der Waals surface area contributed by atoms with Gasteiger partial charge in [0.25, 0.3) is 5.91 Å². The molecule has 0 aromatic heterocycles. The van der Waals surface area contributed by atoms with E-state index in [4.69, 9.17) is 4.74 Å². The Morgan fingerprint density at radius 2 is 2.08 bits per heavy atom. The van der Waals surface area contributed by atoms with Crippen LogP contribution in [0.3, 0.4) is 0 Å². The number of thioether (sulfide) groups is 1. The van der Waals surface area contributed by atoms with Crippen LogP contribution in [0, 0.1) is 11.6 Å². The molecule has 1 N–H and O–H groups in total. The highest BCUT2D eigenvalue weighted by Crippen LogP contribution is 2.22. The highest BCUT2D eigenvalue weighted by Gasteiger charge is 2.29. The van der Waals surface area contributed by atoms with Gasteiger partial charge in [-0.2, -0.15) is 0 Å². The van der Waals surface area contributed by atoms with Crippen LogP contribution in [0.1, 0.15) is 6.42 Å². The summed E-state index contributed by atoms with van der Waals surface area (Å²) in [4.78, 5) is 23.1.